The number of aromatic nitrogens is 1. The van der Waals surface area contributed by atoms with E-state index in [1.165, 1.54) is 5.01 Å². The van der Waals surface area contributed by atoms with Crippen molar-refractivity contribution in [1.82, 2.24) is 14.9 Å². The number of hydrazine groups is 1. The SMILES string of the molecule is [O-]/N=[N+](\[O-])N1CCN(CCN=Cc2ccccn2)CC1. The van der Waals surface area contributed by atoms with Crippen LogP contribution in [0, 0.1) is 10.4 Å². The first kappa shape index (κ1) is 14.2. The van der Waals surface area contributed by atoms with Gasteiger partial charge in [-0.05, 0) is 17.4 Å². The number of aliphatic imine (C=N–C) groups is 1. The van der Waals surface area contributed by atoms with Crippen LogP contribution in [0.3, 0.4) is 0 Å². The van der Waals surface area contributed by atoms with Gasteiger partial charge in [0.15, 0.2) is 0 Å². The molecule has 1 fully saturated rings. The van der Waals surface area contributed by atoms with Crippen LogP contribution in [0.1, 0.15) is 5.69 Å². The summed E-state index contributed by atoms with van der Waals surface area (Å²) >= 11 is 0. The van der Waals surface area contributed by atoms with Gasteiger partial charge in [-0.15, -0.1) is 5.01 Å². The van der Waals surface area contributed by atoms with Gasteiger partial charge in [-0.1, -0.05) is 6.07 Å². The van der Waals surface area contributed by atoms with Crippen LogP contribution < -0.4 is 0 Å². The van der Waals surface area contributed by atoms with Crippen molar-refractivity contribution in [3.05, 3.63) is 40.5 Å². The summed E-state index contributed by atoms with van der Waals surface area (Å²) in [5.41, 5.74) is 0.844. The lowest BCUT2D eigenvalue weighted by atomic mass is 10.3. The summed E-state index contributed by atoms with van der Waals surface area (Å²) < 4.78 is 0. The van der Waals surface area contributed by atoms with Crippen LogP contribution >= 0.6 is 0 Å². The van der Waals surface area contributed by atoms with Crippen molar-refractivity contribution in [1.29, 1.82) is 0 Å². The molecule has 0 atom stereocenters. The molecule has 1 aromatic rings. The summed E-state index contributed by atoms with van der Waals surface area (Å²) in [4.78, 5) is 10.8. The van der Waals surface area contributed by atoms with Gasteiger partial charge in [0.25, 0.3) is 0 Å². The molecule has 1 aliphatic rings. The Hall–Kier alpha value is -2.22. The Morgan fingerprint density at radius 2 is 2.10 bits per heavy atom. The highest BCUT2D eigenvalue weighted by Gasteiger charge is 2.20. The van der Waals surface area contributed by atoms with E-state index in [-0.39, 0.29) is 4.97 Å². The third-order valence-electron chi connectivity index (χ3n) is 3.12. The van der Waals surface area contributed by atoms with E-state index in [1.54, 1.807) is 12.4 Å². The zero-order valence-corrected chi connectivity index (χ0v) is 11.1. The van der Waals surface area contributed by atoms with Crippen molar-refractivity contribution >= 4 is 6.21 Å². The summed E-state index contributed by atoms with van der Waals surface area (Å²) in [5.74, 6) is 0. The monoisotopic (exact) mass is 277 g/mol. The molecule has 0 spiro atoms. The third-order valence-corrected chi connectivity index (χ3v) is 3.12. The van der Waals surface area contributed by atoms with Crippen LogP contribution in [0.15, 0.2) is 34.7 Å². The van der Waals surface area contributed by atoms with E-state index in [0.717, 1.165) is 25.3 Å². The second-order valence-corrected chi connectivity index (χ2v) is 4.42. The van der Waals surface area contributed by atoms with Gasteiger partial charge in [0.05, 0.1) is 25.3 Å². The van der Waals surface area contributed by atoms with Crippen molar-refractivity contribution in [2.75, 3.05) is 39.3 Å². The fraction of sp³-hybridized carbons (Fsp3) is 0.500. The van der Waals surface area contributed by atoms with Crippen LogP contribution in [0.25, 0.3) is 0 Å². The number of pyridine rings is 1. The van der Waals surface area contributed by atoms with Gasteiger partial charge >= 0.3 is 0 Å². The molecule has 8 heteroatoms. The van der Waals surface area contributed by atoms with E-state index in [2.05, 4.69) is 20.2 Å². The molecule has 2 heterocycles. The minimum absolute atomic E-state index is 0.122. The summed E-state index contributed by atoms with van der Waals surface area (Å²) in [6, 6.07) is 5.69. The number of hydrogen-bond acceptors (Lipinski definition) is 6. The smallest absolute Gasteiger partial charge is 0.0895 e. The lowest BCUT2D eigenvalue weighted by Crippen LogP contribution is -2.49. The van der Waals surface area contributed by atoms with Gasteiger partial charge in [-0.25, -0.2) is 0 Å². The highest BCUT2D eigenvalue weighted by Crippen LogP contribution is 2.01. The molecule has 0 unspecified atom stereocenters. The first-order valence-electron chi connectivity index (χ1n) is 6.48. The molecule has 8 nitrogen and oxygen atoms in total. The molecule has 0 bridgehead atoms. The van der Waals surface area contributed by atoms with Gasteiger partial charge in [0.1, 0.15) is 0 Å². The molecule has 0 aliphatic carbocycles. The Labute approximate surface area is 117 Å². The first-order valence-corrected chi connectivity index (χ1v) is 6.48. The molecule has 108 valence electrons. The van der Waals surface area contributed by atoms with Crippen LogP contribution in [0.2, 0.25) is 0 Å². The molecule has 0 saturated carbocycles. The summed E-state index contributed by atoms with van der Waals surface area (Å²) in [6.07, 6.45) is 3.49. The lowest BCUT2D eigenvalue weighted by Gasteiger charge is -2.31. The molecule has 1 aromatic heterocycles. The summed E-state index contributed by atoms with van der Waals surface area (Å²) in [5, 5.41) is 24.9. The normalized spacial score (nSPS) is 17.8. The lowest BCUT2D eigenvalue weighted by molar-refractivity contribution is -0.692. The van der Waals surface area contributed by atoms with Gasteiger partial charge in [-0.2, -0.15) is 0 Å². The largest absolute Gasteiger partial charge is 0.737 e. The molecular formula is C12H17N6O2-. The minimum Gasteiger partial charge on any atom is -0.737 e. The first-order chi connectivity index (χ1) is 9.79. The highest BCUT2D eigenvalue weighted by atomic mass is 16.6. The van der Waals surface area contributed by atoms with Crippen LogP contribution in [0.5, 0.6) is 0 Å². The number of piperazine rings is 1. The fourth-order valence-electron chi connectivity index (χ4n) is 1.99. The van der Waals surface area contributed by atoms with Gasteiger partial charge < -0.3 is 10.4 Å². The standard InChI is InChI=1S/C12H18N6O2/c19-15-18(20)17-9-7-16(8-10-17)6-5-13-11-12-3-1-2-4-14-12/h1-4,11,19H,5-10H2/p-1/b13-11?,18-15-. The number of hydrogen-bond donors (Lipinski definition) is 0. The molecule has 0 aromatic carbocycles. The predicted molar refractivity (Wildman–Crippen MR) is 74.1 cm³/mol. The van der Waals surface area contributed by atoms with E-state index in [0.29, 0.717) is 19.6 Å². The van der Waals surface area contributed by atoms with Crippen LogP contribution in [0.4, 0.5) is 0 Å². The zero-order valence-electron chi connectivity index (χ0n) is 11.1. The molecule has 2 rings (SSSR count). The Kier molecular flexibility index (Phi) is 5.24. The molecule has 0 N–H and O–H groups in total. The van der Waals surface area contributed by atoms with Gasteiger partial charge in [0.2, 0.25) is 0 Å². The second-order valence-electron chi connectivity index (χ2n) is 4.42. The molecule has 0 amide bonds. The minimum atomic E-state index is 0.122. The van der Waals surface area contributed by atoms with Crippen molar-refractivity contribution in [3.63, 3.8) is 0 Å². The highest BCUT2D eigenvalue weighted by molar-refractivity contribution is 5.76. The third kappa shape index (κ3) is 4.16. The van der Waals surface area contributed by atoms with E-state index in [4.69, 9.17) is 0 Å². The Morgan fingerprint density at radius 1 is 1.30 bits per heavy atom. The Morgan fingerprint density at radius 3 is 2.75 bits per heavy atom. The van der Waals surface area contributed by atoms with E-state index in [9.17, 15) is 10.4 Å². The van der Waals surface area contributed by atoms with Gasteiger partial charge in [0, 0.05) is 37.0 Å². The quantitative estimate of drug-likeness (QED) is 0.338. The second kappa shape index (κ2) is 7.39. The molecule has 0 radical (unpaired) electrons. The summed E-state index contributed by atoms with van der Waals surface area (Å²) in [7, 11) is 0. The summed E-state index contributed by atoms with van der Waals surface area (Å²) in [6.45, 7) is 3.99. The molecular weight excluding hydrogens is 260 g/mol. The van der Waals surface area contributed by atoms with Crippen molar-refractivity contribution in [3.8, 4) is 0 Å². The topological polar surface area (TPSA) is 93.2 Å². The van der Waals surface area contributed by atoms with Crippen LogP contribution in [-0.4, -0.2) is 65.3 Å². The molecule has 20 heavy (non-hydrogen) atoms. The predicted octanol–water partition coefficient (Wildman–Crippen LogP) is 0.493. The molecule has 1 saturated heterocycles. The molecule has 1 aliphatic heterocycles. The van der Waals surface area contributed by atoms with E-state index >= 15 is 0 Å². The van der Waals surface area contributed by atoms with Gasteiger partial charge in [-0.3, -0.25) is 14.9 Å². The average Bonchev–Trinajstić information content (AvgIpc) is 2.52. The fourth-order valence-corrected chi connectivity index (χ4v) is 1.99. The Bertz CT molecular complexity index is 456. The van der Waals surface area contributed by atoms with Crippen molar-refractivity contribution in [2.45, 2.75) is 0 Å². The van der Waals surface area contributed by atoms with E-state index < -0.39 is 0 Å². The maximum atomic E-state index is 11.0. The van der Waals surface area contributed by atoms with Crippen LogP contribution in [-0.2, 0) is 0 Å². The van der Waals surface area contributed by atoms with Crippen molar-refractivity contribution in [2.24, 2.45) is 10.3 Å². The maximum Gasteiger partial charge on any atom is 0.0895 e. The zero-order chi connectivity index (χ0) is 14.2. The number of rotatable bonds is 5. The number of nitrogens with zero attached hydrogens (tertiary/aromatic N) is 6. The van der Waals surface area contributed by atoms with Crippen molar-refractivity contribution < 1.29 is 4.97 Å². The maximum absolute atomic E-state index is 11.0. The van der Waals surface area contributed by atoms with E-state index in [1.807, 2.05) is 18.2 Å². The Balaban J connectivity index is 1.68. The average molecular weight is 277 g/mol.